The molecular formula is C20H18ClNO3S. The van der Waals surface area contributed by atoms with Crippen molar-refractivity contribution in [3.05, 3.63) is 94.5 Å². The number of aliphatic hydroxyl groups excluding tert-OH is 1. The average Bonchev–Trinajstić information content (AvgIpc) is 2.62. The maximum absolute atomic E-state index is 12.7. The van der Waals surface area contributed by atoms with Gasteiger partial charge in [0.2, 0.25) is 0 Å². The van der Waals surface area contributed by atoms with Gasteiger partial charge in [0, 0.05) is 10.6 Å². The molecule has 3 aromatic rings. The Labute approximate surface area is 158 Å². The molecule has 3 aromatic carbocycles. The fourth-order valence-electron chi connectivity index (χ4n) is 2.57. The Morgan fingerprint density at radius 1 is 0.923 bits per heavy atom. The Bertz CT molecular complexity index is 1000. The normalized spacial score (nSPS) is 12.6. The van der Waals surface area contributed by atoms with Crippen LogP contribution in [0.15, 0.2) is 77.7 Å². The Morgan fingerprint density at radius 3 is 2.19 bits per heavy atom. The van der Waals surface area contributed by atoms with Crippen LogP contribution >= 0.6 is 11.6 Å². The summed E-state index contributed by atoms with van der Waals surface area (Å²) in [6, 6.07) is 20.1. The predicted molar refractivity (Wildman–Crippen MR) is 104 cm³/mol. The molecule has 0 amide bonds. The zero-order valence-corrected chi connectivity index (χ0v) is 15.6. The van der Waals surface area contributed by atoms with Crippen LogP contribution in [0.5, 0.6) is 0 Å². The van der Waals surface area contributed by atoms with E-state index in [4.69, 9.17) is 11.6 Å². The molecule has 0 saturated carbocycles. The molecule has 0 aliphatic carbocycles. The van der Waals surface area contributed by atoms with E-state index in [0.29, 0.717) is 21.8 Å². The van der Waals surface area contributed by atoms with Crippen molar-refractivity contribution in [2.45, 2.75) is 17.9 Å². The Kier molecular flexibility index (Phi) is 5.32. The maximum atomic E-state index is 12.7. The first-order valence-corrected chi connectivity index (χ1v) is 9.85. The molecule has 0 heterocycles. The maximum Gasteiger partial charge on any atom is 0.261 e. The van der Waals surface area contributed by atoms with Crippen LogP contribution < -0.4 is 4.72 Å². The zero-order chi connectivity index (χ0) is 18.7. The van der Waals surface area contributed by atoms with Crippen LogP contribution in [-0.4, -0.2) is 13.5 Å². The molecule has 3 rings (SSSR count). The highest BCUT2D eigenvalue weighted by molar-refractivity contribution is 7.92. The third-order valence-electron chi connectivity index (χ3n) is 4.02. The molecule has 4 nitrogen and oxygen atoms in total. The van der Waals surface area contributed by atoms with Crippen LogP contribution in [0.4, 0.5) is 5.69 Å². The van der Waals surface area contributed by atoms with Gasteiger partial charge in [-0.05, 0) is 42.8 Å². The van der Waals surface area contributed by atoms with E-state index in [1.807, 2.05) is 6.92 Å². The second-order valence-electron chi connectivity index (χ2n) is 5.96. The van der Waals surface area contributed by atoms with Gasteiger partial charge >= 0.3 is 0 Å². The number of anilines is 1. The number of benzene rings is 3. The summed E-state index contributed by atoms with van der Waals surface area (Å²) >= 11 is 5.89. The first kappa shape index (κ1) is 18.5. The van der Waals surface area contributed by atoms with Gasteiger partial charge in [0.25, 0.3) is 10.0 Å². The number of aryl methyl sites for hydroxylation is 1. The lowest BCUT2D eigenvalue weighted by molar-refractivity contribution is 0.221. The molecule has 26 heavy (non-hydrogen) atoms. The third-order valence-corrected chi connectivity index (χ3v) is 5.65. The van der Waals surface area contributed by atoms with Crippen LogP contribution in [0.2, 0.25) is 5.02 Å². The topological polar surface area (TPSA) is 66.4 Å². The highest BCUT2D eigenvalue weighted by atomic mass is 35.5. The lowest BCUT2D eigenvalue weighted by Crippen LogP contribution is -2.15. The van der Waals surface area contributed by atoms with E-state index in [1.54, 1.807) is 72.8 Å². The summed E-state index contributed by atoms with van der Waals surface area (Å²) in [4.78, 5) is 0.166. The van der Waals surface area contributed by atoms with Crippen LogP contribution in [0.1, 0.15) is 22.8 Å². The number of hydrogen-bond donors (Lipinski definition) is 2. The molecule has 0 unspecified atom stereocenters. The fraction of sp³-hybridized carbons (Fsp3) is 0.100. The minimum atomic E-state index is -3.76. The molecule has 0 aliphatic rings. The highest BCUT2D eigenvalue weighted by Gasteiger charge is 2.19. The van der Waals surface area contributed by atoms with Crippen molar-refractivity contribution in [3.63, 3.8) is 0 Å². The van der Waals surface area contributed by atoms with E-state index in [2.05, 4.69) is 4.72 Å². The van der Waals surface area contributed by atoms with Gasteiger partial charge in [-0.15, -0.1) is 0 Å². The first-order chi connectivity index (χ1) is 12.4. The molecule has 0 spiro atoms. The second-order valence-corrected chi connectivity index (χ2v) is 8.08. The van der Waals surface area contributed by atoms with E-state index in [9.17, 15) is 13.5 Å². The van der Waals surface area contributed by atoms with Gasteiger partial charge in [0.1, 0.15) is 6.10 Å². The van der Waals surface area contributed by atoms with Crippen LogP contribution in [0.3, 0.4) is 0 Å². The van der Waals surface area contributed by atoms with Crippen LogP contribution in [0.25, 0.3) is 0 Å². The minimum Gasteiger partial charge on any atom is -0.384 e. The van der Waals surface area contributed by atoms with Crippen LogP contribution in [0, 0.1) is 6.92 Å². The van der Waals surface area contributed by atoms with E-state index >= 15 is 0 Å². The molecule has 2 N–H and O–H groups in total. The Hall–Kier alpha value is -2.34. The SMILES string of the molecule is Cc1ccc(S(=O)(=O)Nc2ccccc2[C@H](O)c2ccc(Cl)cc2)cc1. The highest BCUT2D eigenvalue weighted by Crippen LogP contribution is 2.30. The number of para-hydroxylation sites is 1. The number of halogens is 1. The van der Waals surface area contributed by atoms with Crippen molar-refractivity contribution in [2.24, 2.45) is 0 Å². The molecule has 134 valence electrons. The number of rotatable bonds is 5. The van der Waals surface area contributed by atoms with Crippen molar-refractivity contribution in [3.8, 4) is 0 Å². The standard InChI is InChI=1S/C20H18ClNO3S/c1-14-6-12-17(13-7-14)26(24,25)22-19-5-3-2-4-18(19)20(23)15-8-10-16(21)11-9-15/h2-13,20,22-23H,1H3/t20-/m1/s1. The Morgan fingerprint density at radius 2 is 1.54 bits per heavy atom. The second kappa shape index (κ2) is 7.50. The smallest absolute Gasteiger partial charge is 0.261 e. The third kappa shape index (κ3) is 4.07. The molecule has 0 saturated heterocycles. The van der Waals surface area contributed by atoms with E-state index in [0.717, 1.165) is 5.56 Å². The molecule has 0 bridgehead atoms. The summed E-state index contributed by atoms with van der Waals surface area (Å²) in [5.41, 5.74) is 2.39. The quantitative estimate of drug-likeness (QED) is 0.675. The van der Waals surface area contributed by atoms with Crippen molar-refractivity contribution >= 4 is 27.3 Å². The van der Waals surface area contributed by atoms with Crippen molar-refractivity contribution in [2.75, 3.05) is 4.72 Å². The predicted octanol–water partition coefficient (Wildman–Crippen LogP) is 4.53. The van der Waals surface area contributed by atoms with Crippen molar-refractivity contribution in [1.29, 1.82) is 0 Å². The van der Waals surface area contributed by atoms with Crippen LogP contribution in [-0.2, 0) is 10.0 Å². The van der Waals surface area contributed by atoms with Crippen molar-refractivity contribution in [1.82, 2.24) is 0 Å². The first-order valence-electron chi connectivity index (χ1n) is 7.99. The van der Waals surface area contributed by atoms with Gasteiger partial charge in [-0.1, -0.05) is 59.6 Å². The van der Waals surface area contributed by atoms with Gasteiger partial charge in [-0.2, -0.15) is 0 Å². The lowest BCUT2D eigenvalue weighted by Gasteiger charge is -2.17. The van der Waals surface area contributed by atoms with Gasteiger partial charge in [-0.3, -0.25) is 4.72 Å². The monoisotopic (exact) mass is 387 g/mol. The molecular weight excluding hydrogens is 370 g/mol. The summed E-state index contributed by atoms with van der Waals surface area (Å²) in [5.74, 6) is 0. The summed E-state index contributed by atoms with van der Waals surface area (Å²) in [6.45, 7) is 1.89. The van der Waals surface area contributed by atoms with Gasteiger partial charge in [0.05, 0.1) is 10.6 Å². The lowest BCUT2D eigenvalue weighted by atomic mass is 10.0. The summed E-state index contributed by atoms with van der Waals surface area (Å²) in [7, 11) is -3.76. The van der Waals surface area contributed by atoms with Gasteiger partial charge in [0.15, 0.2) is 0 Å². The van der Waals surface area contributed by atoms with Crippen molar-refractivity contribution < 1.29 is 13.5 Å². The molecule has 0 aromatic heterocycles. The fourth-order valence-corrected chi connectivity index (χ4v) is 3.79. The minimum absolute atomic E-state index is 0.166. The largest absolute Gasteiger partial charge is 0.384 e. The number of nitrogens with one attached hydrogen (secondary N) is 1. The summed E-state index contributed by atoms with van der Waals surface area (Å²) < 4.78 is 27.9. The zero-order valence-electron chi connectivity index (χ0n) is 14.1. The average molecular weight is 388 g/mol. The Balaban J connectivity index is 1.94. The molecule has 0 aliphatic heterocycles. The number of sulfonamides is 1. The van der Waals surface area contributed by atoms with Gasteiger partial charge in [-0.25, -0.2) is 8.42 Å². The molecule has 0 radical (unpaired) electrons. The molecule has 6 heteroatoms. The number of hydrogen-bond acceptors (Lipinski definition) is 3. The molecule has 1 atom stereocenters. The summed E-state index contributed by atoms with van der Waals surface area (Å²) in [5, 5.41) is 11.3. The van der Waals surface area contributed by atoms with Gasteiger partial charge < -0.3 is 5.11 Å². The number of aliphatic hydroxyl groups is 1. The van der Waals surface area contributed by atoms with E-state index in [-0.39, 0.29) is 4.90 Å². The molecule has 0 fully saturated rings. The van der Waals surface area contributed by atoms with E-state index in [1.165, 1.54) is 0 Å². The van der Waals surface area contributed by atoms with E-state index < -0.39 is 16.1 Å². The summed E-state index contributed by atoms with van der Waals surface area (Å²) in [6.07, 6.45) is -0.982.